The van der Waals surface area contributed by atoms with E-state index in [4.69, 9.17) is 4.42 Å². The maximum Gasteiger partial charge on any atom is 0.228 e. The number of aryl methyl sites for hydroxylation is 1. The summed E-state index contributed by atoms with van der Waals surface area (Å²) in [5, 5.41) is 0.967. The molecule has 0 atom stereocenters. The summed E-state index contributed by atoms with van der Waals surface area (Å²) in [6.45, 7) is 2.02. The van der Waals surface area contributed by atoms with Crippen LogP contribution in [0.15, 0.2) is 52.9 Å². The number of hydrogen-bond acceptors (Lipinski definition) is 2. The molecule has 3 heteroatoms. The zero-order valence-corrected chi connectivity index (χ0v) is 12.5. The largest absolute Gasteiger partial charge is 0.453 e. The summed E-state index contributed by atoms with van der Waals surface area (Å²) in [5.74, 6) is 0.312. The molecule has 0 fully saturated rings. The van der Waals surface area contributed by atoms with Gasteiger partial charge in [0.25, 0.3) is 0 Å². The van der Waals surface area contributed by atoms with Crippen LogP contribution in [0.4, 0.5) is 0 Å². The third-order valence-corrected chi connectivity index (χ3v) is 3.72. The standard InChI is InChI=1S/C16H11IO2/c1-10-2-7-14-12(8-10)9-15(19-14)16(18)11-3-5-13(17)6-4-11/h2-9H,1H3. The van der Waals surface area contributed by atoms with E-state index < -0.39 is 0 Å². The SMILES string of the molecule is Cc1ccc2oc(C(=O)c3ccc(I)cc3)cc2c1. The van der Waals surface area contributed by atoms with Crippen molar-refractivity contribution in [3.8, 4) is 0 Å². The molecule has 2 aromatic carbocycles. The Bertz CT molecular complexity index is 754. The number of rotatable bonds is 2. The van der Waals surface area contributed by atoms with E-state index in [1.54, 1.807) is 0 Å². The second-order valence-electron chi connectivity index (χ2n) is 4.49. The summed E-state index contributed by atoms with van der Waals surface area (Å²) in [4.78, 5) is 12.3. The molecular weight excluding hydrogens is 351 g/mol. The molecule has 1 heterocycles. The van der Waals surface area contributed by atoms with Gasteiger partial charge in [0.1, 0.15) is 5.58 Å². The van der Waals surface area contributed by atoms with Crippen LogP contribution in [0, 0.1) is 10.5 Å². The van der Waals surface area contributed by atoms with Crippen LogP contribution in [0.1, 0.15) is 21.7 Å². The molecule has 0 N–H and O–H groups in total. The quantitative estimate of drug-likeness (QED) is 0.494. The van der Waals surface area contributed by atoms with E-state index in [9.17, 15) is 4.79 Å². The highest BCUT2D eigenvalue weighted by atomic mass is 127. The lowest BCUT2D eigenvalue weighted by atomic mass is 10.1. The molecule has 0 bridgehead atoms. The summed E-state index contributed by atoms with van der Waals surface area (Å²) >= 11 is 2.21. The van der Waals surface area contributed by atoms with Gasteiger partial charge in [-0.15, -0.1) is 0 Å². The summed E-state index contributed by atoms with van der Waals surface area (Å²) in [6.07, 6.45) is 0. The molecule has 2 nitrogen and oxygen atoms in total. The second-order valence-corrected chi connectivity index (χ2v) is 5.73. The first-order chi connectivity index (χ1) is 9.13. The molecule has 0 aliphatic carbocycles. The zero-order valence-electron chi connectivity index (χ0n) is 10.3. The number of furan rings is 1. The first kappa shape index (κ1) is 12.4. The Kier molecular flexibility index (Phi) is 3.14. The van der Waals surface area contributed by atoms with Gasteiger partial charge in [0.15, 0.2) is 5.76 Å². The van der Waals surface area contributed by atoms with Gasteiger partial charge in [0, 0.05) is 14.5 Å². The van der Waals surface area contributed by atoms with Crippen LogP contribution in [-0.2, 0) is 0 Å². The highest BCUT2D eigenvalue weighted by Gasteiger charge is 2.14. The van der Waals surface area contributed by atoms with Crippen LogP contribution < -0.4 is 0 Å². The Morgan fingerprint density at radius 3 is 2.53 bits per heavy atom. The Morgan fingerprint density at radius 2 is 1.79 bits per heavy atom. The van der Waals surface area contributed by atoms with Crippen molar-refractivity contribution in [2.75, 3.05) is 0 Å². The molecule has 0 amide bonds. The number of benzene rings is 2. The third-order valence-electron chi connectivity index (χ3n) is 3.00. The van der Waals surface area contributed by atoms with Crippen LogP contribution in [-0.4, -0.2) is 5.78 Å². The van der Waals surface area contributed by atoms with Crippen LogP contribution in [0.3, 0.4) is 0 Å². The number of carbonyl (C=O) groups excluding carboxylic acids is 1. The third kappa shape index (κ3) is 2.42. The predicted molar refractivity (Wildman–Crippen MR) is 83.5 cm³/mol. The Balaban J connectivity index is 2.04. The Hall–Kier alpha value is -1.62. The fraction of sp³-hybridized carbons (Fsp3) is 0.0625. The van der Waals surface area contributed by atoms with Gasteiger partial charge >= 0.3 is 0 Å². The van der Waals surface area contributed by atoms with Crippen molar-refractivity contribution in [2.45, 2.75) is 6.92 Å². The van der Waals surface area contributed by atoms with Gasteiger partial charge in [-0.05, 0) is 72.0 Å². The topological polar surface area (TPSA) is 30.2 Å². The lowest BCUT2D eigenvalue weighted by Gasteiger charge is -1.97. The van der Waals surface area contributed by atoms with Gasteiger partial charge in [-0.3, -0.25) is 4.79 Å². The fourth-order valence-corrected chi connectivity index (χ4v) is 2.38. The number of ketones is 1. The first-order valence-electron chi connectivity index (χ1n) is 5.94. The van der Waals surface area contributed by atoms with E-state index in [0.29, 0.717) is 11.3 Å². The number of hydrogen-bond donors (Lipinski definition) is 0. The lowest BCUT2D eigenvalue weighted by molar-refractivity contribution is 0.101. The maximum atomic E-state index is 12.3. The maximum absolute atomic E-state index is 12.3. The molecule has 3 rings (SSSR count). The van der Waals surface area contributed by atoms with E-state index in [0.717, 1.165) is 20.1 Å². The summed E-state index contributed by atoms with van der Waals surface area (Å²) in [7, 11) is 0. The van der Waals surface area contributed by atoms with Crippen molar-refractivity contribution in [1.82, 2.24) is 0 Å². The molecule has 94 valence electrons. The van der Waals surface area contributed by atoms with Gasteiger partial charge in [-0.1, -0.05) is 11.6 Å². The number of halogens is 1. The van der Waals surface area contributed by atoms with E-state index in [1.165, 1.54) is 0 Å². The normalized spacial score (nSPS) is 10.8. The van der Waals surface area contributed by atoms with Gasteiger partial charge in [-0.2, -0.15) is 0 Å². The van der Waals surface area contributed by atoms with Crippen molar-refractivity contribution in [3.63, 3.8) is 0 Å². The molecule has 0 spiro atoms. The molecule has 0 saturated heterocycles. The first-order valence-corrected chi connectivity index (χ1v) is 7.02. The lowest BCUT2D eigenvalue weighted by Crippen LogP contribution is -1.98. The molecule has 0 aliphatic heterocycles. The smallest absolute Gasteiger partial charge is 0.228 e. The molecule has 0 unspecified atom stereocenters. The highest BCUT2D eigenvalue weighted by molar-refractivity contribution is 14.1. The molecule has 1 aromatic heterocycles. The minimum atomic E-state index is -0.0785. The minimum Gasteiger partial charge on any atom is -0.453 e. The zero-order chi connectivity index (χ0) is 13.4. The van der Waals surface area contributed by atoms with E-state index >= 15 is 0 Å². The Labute approximate surface area is 124 Å². The molecule has 3 aromatic rings. The highest BCUT2D eigenvalue weighted by Crippen LogP contribution is 2.22. The van der Waals surface area contributed by atoms with Gasteiger partial charge in [0.2, 0.25) is 5.78 Å². The number of carbonyl (C=O) groups is 1. The van der Waals surface area contributed by atoms with Crippen LogP contribution >= 0.6 is 22.6 Å². The van der Waals surface area contributed by atoms with E-state index in [2.05, 4.69) is 22.6 Å². The van der Waals surface area contributed by atoms with Crippen molar-refractivity contribution in [1.29, 1.82) is 0 Å². The molecular formula is C16H11IO2. The summed E-state index contributed by atoms with van der Waals surface area (Å²) < 4.78 is 6.72. The van der Waals surface area contributed by atoms with Crippen molar-refractivity contribution >= 4 is 39.3 Å². The fourth-order valence-electron chi connectivity index (χ4n) is 2.02. The minimum absolute atomic E-state index is 0.0785. The second kappa shape index (κ2) is 4.81. The van der Waals surface area contributed by atoms with E-state index in [1.807, 2.05) is 55.5 Å². The molecule has 0 saturated carbocycles. The summed E-state index contributed by atoms with van der Waals surface area (Å²) in [6, 6.07) is 15.2. The molecule has 0 radical (unpaired) electrons. The Morgan fingerprint density at radius 1 is 1.05 bits per heavy atom. The summed E-state index contributed by atoms with van der Waals surface area (Å²) in [5.41, 5.74) is 2.55. The average Bonchev–Trinajstić information content (AvgIpc) is 2.81. The van der Waals surface area contributed by atoms with Crippen molar-refractivity contribution in [3.05, 3.63) is 69.0 Å². The monoisotopic (exact) mass is 362 g/mol. The van der Waals surface area contributed by atoms with Crippen LogP contribution in [0.25, 0.3) is 11.0 Å². The van der Waals surface area contributed by atoms with Crippen molar-refractivity contribution in [2.24, 2.45) is 0 Å². The molecule has 19 heavy (non-hydrogen) atoms. The number of fused-ring (bicyclic) bond motifs is 1. The van der Waals surface area contributed by atoms with Gasteiger partial charge in [0.05, 0.1) is 0 Å². The average molecular weight is 362 g/mol. The molecule has 0 aliphatic rings. The van der Waals surface area contributed by atoms with Gasteiger partial charge < -0.3 is 4.42 Å². The van der Waals surface area contributed by atoms with Crippen LogP contribution in [0.2, 0.25) is 0 Å². The predicted octanol–water partition coefficient (Wildman–Crippen LogP) is 4.58. The van der Waals surface area contributed by atoms with E-state index in [-0.39, 0.29) is 5.78 Å². The van der Waals surface area contributed by atoms with Crippen molar-refractivity contribution < 1.29 is 9.21 Å². The van der Waals surface area contributed by atoms with Crippen LogP contribution in [0.5, 0.6) is 0 Å². The van der Waals surface area contributed by atoms with Gasteiger partial charge in [-0.25, -0.2) is 0 Å².